The summed E-state index contributed by atoms with van der Waals surface area (Å²) in [6.45, 7) is 24.4. The van der Waals surface area contributed by atoms with Gasteiger partial charge < -0.3 is 10.6 Å². The first-order chi connectivity index (χ1) is 8.16. The smallest absolute Gasteiger partial charge is 0.0184 e. The fraction of sp³-hybridized carbons (Fsp3) is 0.867. The molecule has 0 aliphatic heterocycles. The van der Waals surface area contributed by atoms with Crippen molar-refractivity contribution in [3.63, 3.8) is 0 Å². The van der Waals surface area contributed by atoms with Gasteiger partial charge in [-0.15, -0.1) is 0 Å². The molecule has 0 heterocycles. The van der Waals surface area contributed by atoms with Crippen LogP contribution in [-0.4, -0.2) is 31.6 Å². The monoisotopic (exact) mass is 248 g/mol. The van der Waals surface area contributed by atoms with Gasteiger partial charge in [-0.1, -0.05) is 67.5 Å². The van der Waals surface area contributed by atoms with E-state index in [1.54, 1.807) is 0 Å². The Morgan fingerprint density at radius 1 is 0.941 bits per heavy atom. The van der Waals surface area contributed by atoms with Crippen LogP contribution in [0.2, 0.25) is 0 Å². The maximum atomic E-state index is 5.33. The molecule has 17 heavy (non-hydrogen) atoms. The number of nitrogens with two attached hydrogens (primary N) is 1. The largest absolute Gasteiger partial charge is 0.329 e. The minimum atomic E-state index is 0.726. The Balaban J connectivity index is -0.0000000507. The summed E-state index contributed by atoms with van der Waals surface area (Å²) in [7, 11) is 2.04. The van der Waals surface area contributed by atoms with Crippen molar-refractivity contribution in [2.45, 2.75) is 62.3 Å². The quantitative estimate of drug-likeness (QED) is 0.739. The Labute approximate surface area is 112 Å². The van der Waals surface area contributed by atoms with Crippen molar-refractivity contribution in [3.05, 3.63) is 12.2 Å². The second-order valence-electron chi connectivity index (χ2n) is 2.48. The predicted molar refractivity (Wildman–Crippen MR) is 86.8 cm³/mol. The molecule has 0 rings (SSSR count). The Bertz CT molecular complexity index is 90.9. The van der Waals surface area contributed by atoms with Gasteiger partial charge in [0.1, 0.15) is 0 Å². The third-order valence-corrected chi connectivity index (χ3v) is 1.05. The molecular weight excluding hydrogens is 208 g/mol. The minimum absolute atomic E-state index is 0.726. The summed E-state index contributed by atoms with van der Waals surface area (Å²) < 4.78 is 0. The standard InChI is InChI=1S/C7H16N2.4C2H6/c1-7(2)6-9(3)5-4-8;4*1-2/h1,4-6,8H2,2-3H3;4*1-2H3. The van der Waals surface area contributed by atoms with Crippen LogP contribution >= 0.6 is 0 Å². The maximum Gasteiger partial charge on any atom is 0.0184 e. The van der Waals surface area contributed by atoms with E-state index >= 15 is 0 Å². The van der Waals surface area contributed by atoms with Crippen molar-refractivity contribution >= 4 is 0 Å². The van der Waals surface area contributed by atoms with Crippen LogP contribution in [-0.2, 0) is 0 Å². The normalized spacial score (nSPS) is 6.82. The average Bonchev–Trinajstić information content (AvgIpc) is 2.38. The number of likely N-dealkylation sites (N-methyl/N-ethyl adjacent to an activating group) is 1. The van der Waals surface area contributed by atoms with Gasteiger partial charge >= 0.3 is 0 Å². The summed E-state index contributed by atoms with van der Waals surface area (Å²) in [5, 5.41) is 0. The van der Waals surface area contributed by atoms with E-state index in [1.807, 2.05) is 69.4 Å². The molecule has 0 bridgehead atoms. The Morgan fingerprint density at radius 3 is 1.41 bits per heavy atom. The van der Waals surface area contributed by atoms with E-state index in [9.17, 15) is 0 Å². The third kappa shape index (κ3) is 65.9. The predicted octanol–water partition coefficient (Wildman–Crippen LogP) is 4.56. The summed E-state index contributed by atoms with van der Waals surface area (Å²) in [6, 6.07) is 0. The maximum absolute atomic E-state index is 5.33. The number of rotatable bonds is 4. The summed E-state index contributed by atoms with van der Waals surface area (Å²) in [5.74, 6) is 0. The SMILES string of the molecule is C=C(C)CN(C)CCN.CC.CC.CC.CC. The zero-order valence-corrected chi connectivity index (χ0v) is 14.4. The lowest BCUT2D eigenvalue weighted by Gasteiger charge is -2.14. The highest BCUT2D eigenvalue weighted by Crippen LogP contribution is 1.89. The molecule has 0 spiro atoms. The van der Waals surface area contributed by atoms with Crippen LogP contribution in [0.3, 0.4) is 0 Å². The number of hydrogen-bond acceptors (Lipinski definition) is 2. The van der Waals surface area contributed by atoms with Crippen LogP contribution in [0.15, 0.2) is 12.2 Å². The van der Waals surface area contributed by atoms with Crippen LogP contribution in [0.1, 0.15) is 62.3 Å². The molecule has 0 aliphatic rings. The van der Waals surface area contributed by atoms with Crippen LogP contribution in [0.5, 0.6) is 0 Å². The van der Waals surface area contributed by atoms with Crippen molar-refractivity contribution in [1.29, 1.82) is 0 Å². The van der Waals surface area contributed by atoms with Crippen molar-refractivity contribution in [3.8, 4) is 0 Å². The second-order valence-corrected chi connectivity index (χ2v) is 2.48. The van der Waals surface area contributed by atoms with Crippen molar-refractivity contribution in [1.82, 2.24) is 4.90 Å². The average molecular weight is 248 g/mol. The Kier molecular flexibility index (Phi) is 79.3. The van der Waals surface area contributed by atoms with Gasteiger partial charge in [0.15, 0.2) is 0 Å². The topological polar surface area (TPSA) is 29.3 Å². The lowest BCUT2D eigenvalue weighted by atomic mass is 10.3. The van der Waals surface area contributed by atoms with Gasteiger partial charge in [-0.25, -0.2) is 0 Å². The van der Waals surface area contributed by atoms with E-state index in [0.29, 0.717) is 0 Å². The second kappa shape index (κ2) is 44.9. The van der Waals surface area contributed by atoms with E-state index in [4.69, 9.17) is 5.73 Å². The summed E-state index contributed by atoms with van der Waals surface area (Å²) >= 11 is 0. The lowest BCUT2D eigenvalue weighted by molar-refractivity contribution is 0.373. The molecule has 0 saturated heterocycles. The number of hydrogen-bond donors (Lipinski definition) is 1. The highest BCUT2D eigenvalue weighted by molar-refractivity contribution is 4.90. The van der Waals surface area contributed by atoms with Crippen LogP contribution in [0.25, 0.3) is 0 Å². The van der Waals surface area contributed by atoms with Crippen molar-refractivity contribution in [2.75, 3.05) is 26.7 Å². The van der Waals surface area contributed by atoms with E-state index in [1.165, 1.54) is 5.57 Å². The molecule has 0 aromatic heterocycles. The fourth-order valence-electron chi connectivity index (χ4n) is 0.760. The first-order valence-electron chi connectivity index (χ1n) is 7.20. The first kappa shape index (κ1) is 30.1. The van der Waals surface area contributed by atoms with Crippen molar-refractivity contribution in [2.24, 2.45) is 5.73 Å². The molecule has 0 atom stereocenters. The molecule has 0 aromatic rings. The molecule has 2 nitrogen and oxygen atoms in total. The van der Waals surface area contributed by atoms with Gasteiger partial charge in [0.2, 0.25) is 0 Å². The molecule has 2 N–H and O–H groups in total. The molecular formula is C15H40N2. The van der Waals surface area contributed by atoms with Crippen LogP contribution < -0.4 is 5.73 Å². The van der Waals surface area contributed by atoms with E-state index < -0.39 is 0 Å². The molecule has 0 fully saturated rings. The van der Waals surface area contributed by atoms with Gasteiger partial charge in [-0.2, -0.15) is 0 Å². The van der Waals surface area contributed by atoms with Gasteiger partial charge in [-0.05, 0) is 14.0 Å². The highest BCUT2D eigenvalue weighted by Gasteiger charge is 1.93. The lowest BCUT2D eigenvalue weighted by Crippen LogP contribution is -2.26. The Morgan fingerprint density at radius 2 is 1.24 bits per heavy atom. The highest BCUT2D eigenvalue weighted by atomic mass is 15.1. The molecule has 0 aliphatic carbocycles. The molecule has 0 aromatic carbocycles. The molecule has 0 amide bonds. The zero-order chi connectivity index (χ0) is 15.3. The van der Waals surface area contributed by atoms with Gasteiger partial charge in [0, 0.05) is 19.6 Å². The summed E-state index contributed by atoms with van der Waals surface area (Å²) in [6.07, 6.45) is 0. The third-order valence-electron chi connectivity index (χ3n) is 1.05. The zero-order valence-electron chi connectivity index (χ0n) is 14.4. The van der Waals surface area contributed by atoms with E-state index in [0.717, 1.165) is 19.6 Å². The van der Waals surface area contributed by atoms with Crippen molar-refractivity contribution < 1.29 is 0 Å². The van der Waals surface area contributed by atoms with Crippen LogP contribution in [0.4, 0.5) is 0 Å². The van der Waals surface area contributed by atoms with E-state index in [-0.39, 0.29) is 0 Å². The first-order valence-corrected chi connectivity index (χ1v) is 7.20. The molecule has 2 heteroatoms. The Hall–Kier alpha value is -0.340. The fourth-order valence-corrected chi connectivity index (χ4v) is 0.760. The summed E-state index contributed by atoms with van der Waals surface area (Å²) in [4.78, 5) is 2.16. The van der Waals surface area contributed by atoms with Gasteiger partial charge in [0.25, 0.3) is 0 Å². The molecule has 0 unspecified atom stereocenters. The minimum Gasteiger partial charge on any atom is -0.329 e. The summed E-state index contributed by atoms with van der Waals surface area (Å²) in [5.41, 5.74) is 6.52. The molecule has 0 saturated carbocycles. The molecule has 110 valence electrons. The van der Waals surface area contributed by atoms with Crippen LogP contribution in [0, 0.1) is 0 Å². The van der Waals surface area contributed by atoms with E-state index in [2.05, 4.69) is 11.5 Å². The number of nitrogens with zero attached hydrogens (tertiary/aromatic N) is 1. The molecule has 0 radical (unpaired) electrons. The van der Waals surface area contributed by atoms with Gasteiger partial charge in [-0.3, -0.25) is 0 Å². The van der Waals surface area contributed by atoms with Gasteiger partial charge in [0.05, 0.1) is 0 Å².